The molecule has 7 nitrogen and oxygen atoms in total. The van der Waals surface area contributed by atoms with Crippen molar-refractivity contribution in [2.75, 3.05) is 12.4 Å². The Morgan fingerprint density at radius 1 is 1.50 bits per heavy atom. The van der Waals surface area contributed by atoms with Crippen molar-refractivity contribution in [1.82, 2.24) is 4.98 Å². The number of carbonyl (C=O) groups is 1. The number of nitrogens with zero attached hydrogens (tertiary/aromatic N) is 2. The average molecular weight is 293 g/mol. The number of non-ortho nitro benzene ring substituents is 1. The highest BCUT2D eigenvalue weighted by atomic mass is 32.1. The Morgan fingerprint density at radius 3 is 2.80 bits per heavy atom. The average Bonchev–Trinajstić information content (AvgIpc) is 2.83. The van der Waals surface area contributed by atoms with Crippen LogP contribution in [0, 0.1) is 17.0 Å². The number of ether oxygens (including phenoxy) is 1. The summed E-state index contributed by atoms with van der Waals surface area (Å²) in [5, 5.41) is 15.6. The normalized spacial score (nSPS) is 10.1. The lowest BCUT2D eigenvalue weighted by molar-refractivity contribution is -0.384. The number of nitro groups is 1. The van der Waals surface area contributed by atoms with Gasteiger partial charge in [-0.15, -0.1) is 11.3 Å². The fraction of sp³-hybridized carbons (Fsp3) is 0.167. The number of rotatable bonds is 4. The minimum atomic E-state index is -0.566. The van der Waals surface area contributed by atoms with Crippen molar-refractivity contribution in [1.29, 1.82) is 0 Å². The molecule has 0 radical (unpaired) electrons. The molecule has 1 aromatic heterocycles. The van der Waals surface area contributed by atoms with Crippen LogP contribution in [0.1, 0.15) is 16.1 Å². The van der Waals surface area contributed by atoms with E-state index in [0.29, 0.717) is 5.13 Å². The lowest BCUT2D eigenvalue weighted by atomic mass is 10.1. The summed E-state index contributed by atoms with van der Waals surface area (Å²) in [7, 11) is 1.39. The number of methoxy groups -OCH3 is 1. The molecule has 0 saturated carbocycles. The smallest absolute Gasteiger partial charge is 0.270 e. The van der Waals surface area contributed by atoms with Crippen LogP contribution in [0.2, 0.25) is 0 Å². The van der Waals surface area contributed by atoms with Crippen LogP contribution in [-0.2, 0) is 0 Å². The lowest BCUT2D eigenvalue weighted by Crippen LogP contribution is -2.13. The quantitative estimate of drug-likeness (QED) is 0.690. The number of thiazole rings is 1. The number of aromatic nitrogens is 1. The van der Waals surface area contributed by atoms with Gasteiger partial charge in [0.15, 0.2) is 5.13 Å². The van der Waals surface area contributed by atoms with E-state index in [0.717, 1.165) is 5.69 Å². The summed E-state index contributed by atoms with van der Waals surface area (Å²) in [5.41, 5.74) is 0.706. The van der Waals surface area contributed by atoms with E-state index < -0.39 is 10.8 Å². The standard InChI is InChI=1S/C12H11N3O4S/c1-7-6-20-12(13-7)14-11(16)9-5-8(15(17)18)3-4-10(9)19-2/h3-6H,1-2H3,(H,13,14,16). The Kier molecular flexibility index (Phi) is 3.94. The van der Waals surface area contributed by atoms with Gasteiger partial charge in [0.2, 0.25) is 0 Å². The largest absolute Gasteiger partial charge is 0.496 e. The number of hydrogen-bond acceptors (Lipinski definition) is 6. The van der Waals surface area contributed by atoms with E-state index in [1.165, 1.54) is 36.6 Å². The zero-order chi connectivity index (χ0) is 14.7. The zero-order valence-corrected chi connectivity index (χ0v) is 11.6. The van der Waals surface area contributed by atoms with Crippen LogP contribution in [0.25, 0.3) is 0 Å². The van der Waals surface area contributed by atoms with E-state index in [9.17, 15) is 14.9 Å². The first-order chi connectivity index (χ1) is 9.51. The van der Waals surface area contributed by atoms with Gasteiger partial charge in [-0.3, -0.25) is 20.2 Å². The molecular weight excluding hydrogens is 282 g/mol. The molecule has 0 aliphatic heterocycles. The highest BCUT2D eigenvalue weighted by Crippen LogP contribution is 2.25. The number of anilines is 1. The van der Waals surface area contributed by atoms with E-state index in [1.807, 2.05) is 0 Å². The Labute approximate surface area is 118 Å². The number of aryl methyl sites for hydroxylation is 1. The minimum Gasteiger partial charge on any atom is -0.496 e. The second kappa shape index (κ2) is 5.66. The summed E-state index contributed by atoms with van der Waals surface area (Å²) in [6, 6.07) is 3.85. The van der Waals surface area contributed by atoms with Gasteiger partial charge >= 0.3 is 0 Å². The highest BCUT2D eigenvalue weighted by Gasteiger charge is 2.18. The SMILES string of the molecule is COc1ccc([N+](=O)[O-])cc1C(=O)Nc1nc(C)cs1. The first-order valence-electron chi connectivity index (χ1n) is 5.57. The van der Waals surface area contributed by atoms with Gasteiger partial charge in [-0.25, -0.2) is 4.98 Å². The van der Waals surface area contributed by atoms with Crippen LogP contribution in [0.3, 0.4) is 0 Å². The predicted molar refractivity (Wildman–Crippen MR) is 74.5 cm³/mol. The van der Waals surface area contributed by atoms with Crippen LogP contribution < -0.4 is 10.1 Å². The van der Waals surface area contributed by atoms with Crippen molar-refractivity contribution in [2.24, 2.45) is 0 Å². The number of nitrogens with one attached hydrogen (secondary N) is 1. The van der Waals surface area contributed by atoms with Gasteiger partial charge < -0.3 is 4.74 Å². The molecular formula is C12H11N3O4S. The van der Waals surface area contributed by atoms with Crippen LogP contribution in [-0.4, -0.2) is 22.9 Å². The molecule has 8 heteroatoms. The summed E-state index contributed by atoms with van der Waals surface area (Å²) in [4.78, 5) is 26.4. The van der Waals surface area contributed by atoms with Crippen molar-refractivity contribution in [3.63, 3.8) is 0 Å². The van der Waals surface area contributed by atoms with Crippen molar-refractivity contribution >= 4 is 28.1 Å². The molecule has 1 heterocycles. The molecule has 0 unspecified atom stereocenters. The maximum absolute atomic E-state index is 12.1. The van der Waals surface area contributed by atoms with Gasteiger partial charge in [-0.1, -0.05) is 0 Å². The zero-order valence-electron chi connectivity index (χ0n) is 10.7. The Hall–Kier alpha value is -2.48. The van der Waals surface area contributed by atoms with Crippen molar-refractivity contribution in [3.05, 3.63) is 45.0 Å². The molecule has 0 fully saturated rings. The first-order valence-corrected chi connectivity index (χ1v) is 6.45. The van der Waals surface area contributed by atoms with Gasteiger partial charge in [0.25, 0.3) is 11.6 Å². The van der Waals surface area contributed by atoms with E-state index in [4.69, 9.17) is 4.74 Å². The number of benzene rings is 1. The Balaban J connectivity index is 2.32. The van der Waals surface area contributed by atoms with Gasteiger partial charge in [0.1, 0.15) is 5.75 Å². The van der Waals surface area contributed by atoms with Crippen molar-refractivity contribution in [2.45, 2.75) is 6.92 Å². The van der Waals surface area contributed by atoms with Gasteiger partial charge in [0.05, 0.1) is 23.3 Å². The van der Waals surface area contributed by atoms with E-state index in [-0.39, 0.29) is 17.0 Å². The molecule has 2 rings (SSSR count). The lowest BCUT2D eigenvalue weighted by Gasteiger charge is -2.07. The molecule has 1 aromatic carbocycles. The molecule has 1 N–H and O–H groups in total. The third-order valence-electron chi connectivity index (χ3n) is 2.48. The molecule has 1 amide bonds. The third-order valence-corrected chi connectivity index (χ3v) is 3.35. The van der Waals surface area contributed by atoms with Crippen LogP contribution in [0.4, 0.5) is 10.8 Å². The molecule has 0 spiro atoms. The minimum absolute atomic E-state index is 0.0922. The second-order valence-corrected chi connectivity index (χ2v) is 4.75. The first kappa shape index (κ1) is 13.9. The van der Waals surface area contributed by atoms with Crippen LogP contribution in [0.15, 0.2) is 23.6 Å². The molecule has 20 heavy (non-hydrogen) atoms. The topological polar surface area (TPSA) is 94.4 Å². The fourth-order valence-electron chi connectivity index (χ4n) is 1.56. The second-order valence-electron chi connectivity index (χ2n) is 3.89. The van der Waals surface area contributed by atoms with Gasteiger partial charge in [0, 0.05) is 17.5 Å². The third kappa shape index (κ3) is 2.91. The number of carbonyl (C=O) groups excluding carboxylic acids is 1. The highest BCUT2D eigenvalue weighted by molar-refractivity contribution is 7.13. The molecule has 0 aliphatic carbocycles. The van der Waals surface area contributed by atoms with Crippen LogP contribution in [0.5, 0.6) is 5.75 Å². The molecule has 0 saturated heterocycles. The maximum Gasteiger partial charge on any atom is 0.270 e. The van der Waals surface area contributed by atoms with Crippen LogP contribution >= 0.6 is 11.3 Å². The van der Waals surface area contributed by atoms with E-state index in [2.05, 4.69) is 10.3 Å². The number of hydrogen-bond donors (Lipinski definition) is 1. The summed E-state index contributed by atoms with van der Waals surface area (Å²) in [6.07, 6.45) is 0. The summed E-state index contributed by atoms with van der Waals surface area (Å²) < 4.78 is 5.04. The molecule has 0 bridgehead atoms. The summed E-state index contributed by atoms with van der Waals surface area (Å²) in [5.74, 6) is -0.235. The van der Waals surface area contributed by atoms with E-state index >= 15 is 0 Å². The molecule has 0 aliphatic rings. The predicted octanol–water partition coefficient (Wildman–Crippen LogP) is 2.62. The summed E-state index contributed by atoms with van der Waals surface area (Å²) in [6.45, 7) is 1.81. The summed E-state index contributed by atoms with van der Waals surface area (Å²) >= 11 is 1.28. The van der Waals surface area contributed by atoms with Gasteiger partial charge in [-0.2, -0.15) is 0 Å². The Morgan fingerprint density at radius 2 is 2.25 bits per heavy atom. The molecule has 2 aromatic rings. The van der Waals surface area contributed by atoms with E-state index in [1.54, 1.807) is 12.3 Å². The Bertz CT molecular complexity index is 668. The molecule has 104 valence electrons. The monoisotopic (exact) mass is 293 g/mol. The van der Waals surface area contributed by atoms with Crippen molar-refractivity contribution < 1.29 is 14.5 Å². The van der Waals surface area contributed by atoms with Gasteiger partial charge in [-0.05, 0) is 13.0 Å². The maximum atomic E-state index is 12.1. The number of nitro benzene ring substituents is 1. The number of amides is 1. The van der Waals surface area contributed by atoms with Crippen molar-refractivity contribution in [3.8, 4) is 5.75 Å². The fourth-order valence-corrected chi connectivity index (χ4v) is 2.25. The molecule has 0 atom stereocenters.